The molecule has 2 fully saturated rings. The molecule has 5 nitrogen and oxygen atoms in total. The highest BCUT2D eigenvalue weighted by Crippen LogP contribution is 2.23. The highest BCUT2D eigenvalue weighted by molar-refractivity contribution is 5.81. The van der Waals surface area contributed by atoms with Gasteiger partial charge in [-0.25, -0.2) is 4.79 Å². The second kappa shape index (κ2) is 7.35. The van der Waals surface area contributed by atoms with Gasteiger partial charge in [-0.05, 0) is 31.6 Å². The van der Waals surface area contributed by atoms with Crippen molar-refractivity contribution in [1.29, 1.82) is 0 Å². The van der Waals surface area contributed by atoms with Crippen LogP contribution in [0, 0.1) is 24.2 Å². The van der Waals surface area contributed by atoms with E-state index in [0.717, 1.165) is 38.8 Å². The lowest BCUT2D eigenvalue weighted by molar-refractivity contribution is -0.138. The quantitative estimate of drug-likeness (QED) is 0.780. The largest absolute Gasteiger partial charge is 0.342 e. The summed E-state index contributed by atoms with van der Waals surface area (Å²) in [6.45, 7) is 5.41. The molecule has 0 saturated carbocycles. The van der Waals surface area contributed by atoms with Gasteiger partial charge in [0.1, 0.15) is 0 Å². The van der Waals surface area contributed by atoms with Crippen LogP contribution in [0.15, 0.2) is 0 Å². The first kappa shape index (κ1) is 15.7. The molecule has 1 N–H and O–H groups in total. The minimum Gasteiger partial charge on any atom is -0.342 e. The molecule has 0 aromatic carbocycles. The molecule has 21 heavy (non-hydrogen) atoms. The van der Waals surface area contributed by atoms with E-state index in [1.807, 2.05) is 4.90 Å². The maximum Gasteiger partial charge on any atom is 0.318 e. The van der Waals surface area contributed by atoms with Gasteiger partial charge >= 0.3 is 6.03 Å². The van der Waals surface area contributed by atoms with Gasteiger partial charge in [0.15, 0.2) is 0 Å². The third-order valence-corrected chi connectivity index (χ3v) is 4.49. The third-order valence-electron chi connectivity index (χ3n) is 4.49. The molecule has 0 radical (unpaired) electrons. The van der Waals surface area contributed by atoms with Crippen molar-refractivity contribution in [2.75, 3.05) is 32.7 Å². The molecule has 3 amide bonds. The van der Waals surface area contributed by atoms with E-state index in [0.29, 0.717) is 19.0 Å². The van der Waals surface area contributed by atoms with Gasteiger partial charge in [0.05, 0.1) is 12.5 Å². The maximum atomic E-state index is 12.6. The number of likely N-dealkylation sites (tertiary alicyclic amines) is 2. The molecule has 0 unspecified atom stereocenters. The standard InChI is InChI=1S/C16H25N3O2/c1-3-8-17-16(21)19-9-4-5-14(12-19)15(20)18-10-6-13(2)7-11-18/h1,13-14H,4-12H2,2H3,(H,17,21)/t14-/m0/s1. The van der Waals surface area contributed by atoms with E-state index in [2.05, 4.69) is 18.2 Å². The van der Waals surface area contributed by atoms with E-state index in [4.69, 9.17) is 6.42 Å². The summed E-state index contributed by atoms with van der Waals surface area (Å²) in [4.78, 5) is 28.2. The van der Waals surface area contributed by atoms with Crippen LogP contribution in [-0.4, -0.2) is 54.5 Å². The molecule has 0 spiro atoms. The number of nitrogens with zero attached hydrogens (tertiary/aromatic N) is 2. The van der Waals surface area contributed by atoms with Crippen molar-refractivity contribution >= 4 is 11.9 Å². The van der Waals surface area contributed by atoms with Crippen LogP contribution in [0.1, 0.15) is 32.6 Å². The van der Waals surface area contributed by atoms with Crippen LogP contribution in [0.2, 0.25) is 0 Å². The van der Waals surface area contributed by atoms with E-state index < -0.39 is 0 Å². The summed E-state index contributed by atoms with van der Waals surface area (Å²) in [5.41, 5.74) is 0. The molecule has 116 valence electrons. The van der Waals surface area contributed by atoms with Crippen LogP contribution >= 0.6 is 0 Å². The lowest BCUT2D eigenvalue weighted by Crippen LogP contribution is -2.50. The topological polar surface area (TPSA) is 52.7 Å². The lowest BCUT2D eigenvalue weighted by atomic mass is 9.93. The molecule has 0 aliphatic carbocycles. The van der Waals surface area contributed by atoms with E-state index in [1.165, 1.54) is 0 Å². The maximum absolute atomic E-state index is 12.6. The van der Waals surface area contributed by atoms with Gasteiger partial charge < -0.3 is 15.1 Å². The molecule has 2 aliphatic heterocycles. The van der Waals surface area contributed by atoms with Crippen molar-refractivity contribution in [2.45, 2.75) is 32.6 Å². The van der Waals surface area contributed by atoms with Crippen molar-refractivity contribution in [2.24, 2.45) is 11.8 Å². The summed E-state index contributed by atoms with van der Waals surface area (Å²) in [5, 5.41) is 2.67. The van der Waals surface area contributed by atoms with Gasteiger partial charge in [0.2, 0.25) is 5.91 Å². The Morgan fingerprint density at radius 2 is 1.90 bits per heavy atom. The Kier molecular flexibility index (Phi) is 5.49. The molecule has 1 atom stereocenters. The number of piperidine rings is 2. The van der Waals surface area contributed by atoms with E-state index >= 15 is 0 Å². The second-order valence-electron chi connectivity index (χ2n) is 6.16. The van der Waals surface area contributed by atoms with Gasteiger partial charge in [0, 0.05) is 26.2 Å². The number of hydrogen-bond donors (Lipinski definition) is 1. The summed E-state index contributed by atoms with van der Waals surface area (Å²) >= 11 is 0. The molecule has 2 aliphatic rings. The highest BCUT2D eigenvalue weighted by Gasteiger charge is 2.32. The van der Waals surface area contributed by atoms with Gasteiger partial charge in [-0.15, -0.1) is 6.42 Å². The minimum absolute atomic E-state index is 0.0521. The fourth-order valence-electron chi connectivity index (χ4n) is 3.09. The summed E-state index contributed by atoms with van der Waals surface area (Å²) in [5.74, 6) is 3.27. The fraction of sp³-hybridized carbons (Fsp3) is 0.750. The van der Waals surface area contributed by atoms with Crippen molar-refractivity contribution < 1.29 is 9.59 Å². The van der Waals surface area contributed by atoms with Crippen LogP contribution in [-0.2, 0) is 4.79 Å². The molecular weight excluding hydrogens is 266 g/mol. The zero-order valence-corrected chi connectivity index (χ0v) is 12.8. The van der Waals surface area contributed by atoms with Crippen LogP contribution in [0.3, 0.4) is 0 Å². The van der Waals surface area contributed by atoms with Crippen molar-refractivity contribution in [3.05, 3.63) is 0 Å². The average molecular weight is 291 g/mol. The molecule has 0 bridgehead atoms. The molecule has 2 heterocycles. The molecule has 0 aromatic heterocycles. The number of carbonyl (C=O) groups is 2. The monoisotopic (exact) mass is 291 g/mol. The van der Waals surface area contributed by atoms with Crippen molar-refractivity contribution in [3.63, 3.8) is 0 Å². The Hall–Kier alpha value is -1.70. The van der Waals surface area contributed by atoms with Crippen LogP contribution in [0.25, 0.3) is 0 Å². The van der Waals surface area contributed by atoms with Crippen LogP contribution in [0.5, 0.6) is 0 Å². The summed E-state index contributed by atoms with van der Waals surface area (Å²) in [7, 11) is 0. The summed E-state index contributed by atoms with van der Waals surface area (Å²) in [6, 6.07) is -0.155. The van der Waals surface area contributed by atoms with Gasteiger partial charge in [-0.1, -0.05) is 12.8 Å². The molecule has 2 rings (SSSR count). The number of hydrogen-bond acceptors (Lipinski definition) is 2. The zero-order valence-electron chi connectivity index (χ0n) is 12.8. The number of amides is 3. The Balaban J connectivity index is 1.87. The van der Waals surface area contributed by atoms with Crippen molar-refractivity contribution in [1.82, 2.24) is 15.1 Å². The third kappa shape index (κ3) is 4.13. The smallest absolute Gasteiger partial charge is 0.318 e. The Bertz CT molecular complexity index is 422. The second-order valence-corrected chi connectivity index (χ2v) is 6.16. The molecule has 5 heteroatoms. The Labute approximate surface area is 127 Å². The van der Waals surface area contributed by atoms with Gasteiger partial charge in [-0.3, -0.25) is 4.79 Å². The van der Waals surface area contributed by atoms with Crippen molar-refractivity contribution in [3.8, 4) is 12.3 Å². The predicted molar refractivity (Wildman–Crippen MR) is 81.5 cm³/mol. The van der Waals surface area contributed by atoms with E-state index in [-0.39, 0.29) is 24.4 Å². The Morgan fingerprint density at radius 3 is 2.57 bits per heavy atom. The van der Waals surface area contributed by atoms with Crippen LogP contribution in [0.4, 0.5) is 4.79 Å². The minimum atomic E-state index is -0.155. The number of terminal acetylenes is 1. The van der Waals surface area contributed by atoms with E-state index in [1.54, 1.807) is 4.90 Å². The SMILES string of the molecule is C#CCNC(=O)N1CCC[C@H](C(=O)N2CCC(C)CC2)C1. The first-order valence-electron chi connectivity index (χ1n) is 7.87. The highest BCUT2D eigenvalue weighted by atomic mass is 16.2. The number of nitrogens with one attached hydrogen (secondary N) is 1. The lowest BCUT2D eigenvalue weighted by Gasteiger charge is -2.37. The van der Waals surface area contributed by atoms with Gasteiger partial charge in [-0.2, -0.15) is 0 Å². The van der Waals surface area contributed by atoms with E-state index in [9.17, 15) is 9.59 Å². The summed E-state index contributed by atoms with van der Waals surface area (Å²) < 4.78 is 0. The predicted octanol–water partition coefficient (Wildman–Crippen LogP) is 1.30. The average Bonchev–Trinajstić information content (AvgIpc) is 2.52. The summed E-state index contributed by atoms with van der Waals surface area (Å²) in [6.07, 6.45) is 9.08. The number of rotatable bonds is 2. The van der Waals surface area contributed by atoms with Gasteiger partial charge in [0.25, 0.3) is 0 Å². The molecule has 0 aromatic rings. The Morgan fingerprint density at radius 1 is 1.19 bits per heavy atom. The normalized spacial score (nSPS) is 23.5. The fourth-order valence-corrected chi connectivity index (χ4v) is 3.09. The molecule has 2 saturated heterocycles. The molecular formula is C16H25N3O2. The first-order valence-corrected chi connectivity index (χ1v) is 7.87. The number of urea groups is 1. The zero-order chi connectivity index (χ0) is 15.2. The first-order chi connectivity index (χ1) is 10.1. The number of carbonyl (C=O) groups excluding carboxylic acids is 2. The van der Waals surface area contributed by atoms with Crippen LogP contribution < -0.4 is 5.32 Å².